The first-order chi connectivity index (χ1) is 3.21. The van der Waals surface area contributed by atoms with Gasteiger partial charge in [-0.1, -0.05) is 0 Å². The van der Waals surface area contributed by atoms with Crippen molar-refractivity contribution in [1.82, 2.24) is 5.32 Å². The zero-order valence-electron chi connectivity index (χ0n) is 4.82. The van der Waals surface area contributed by atoms with Crippen LogP contribution in [0.2, 0.25) is 0 Å². The van der Waals surface area contributed by atoms with Gasteiger partial charge in [0.25, 0.3) is 0 Å². The summed E-state index contributed by atoms with van der Waals surface area (Å²) < 4.78 is 5.23. The smallest absolute Gasteiger partial charge is 0.0974 e. The van der Waals surface area contributed by atoms with Gasteiger partial charge in [0.1, 0.15) is 0 Å². The molecule has 0 atom stereocenters. The first-order valence-electron chi connectivity index (χ1n) is 2.55. The average molecular weight is 101 g/mol. The molecule has 0 radical (unpaired) electrons. The van der Waals surface area contributed by atoms with Crippen LogP contribution in [0.1, 0.15) is 13.8 Å². The van der Waals surface area contributed by atoms with E-state index in [4.69, 9.17) is 4.74 Å². The molecule has 1 fully saturated rings. The minimum absolute atomic E-state index is 0.0833. The van der Waals surface area contributed by atoms with Crippen molar-refractivity contribution in [3.63, 3.8) is 0 Å². The van der Waals surface area contributed by atoms with Gasteiger partial charge in [0.2, 0.25) is 0 Å². The number of rotatable bonds is 0. The molecule has 2 heteroatoms. The molecule has 0 aromatic rings. The monoisotopic (exact) mass is 101 g/mol. The molecule has 0 unspecified atom stereocenters. The fraction of sp³-hybridized carbons (Fsp3) is 1.00. The van der Waals surface area contributed by atoms with Gasteiger partial charge in [-0.3, -0.25) is 5.32 Å². The maximum atomic E-state index is 5.23. The van der Waals surface area contributed by atoms with E-state index in [2.05, 4.69) is 19.2 Å². The summed E-state index contributed by atoms with van der Waals surface area (Å²) in [5.74, 6) is 0. The summed E-state index contributed by atoms with van der Waals surface area (Å²) in [6, 6.07) is 0. The maximum Gasteiger partial charge on any atom is 0.0974 e. The van der Waals surface area contributed by atoms with Gasteiger partial charge in [0.05, 0.1) is 12.3 Å². The summed E-state index contributed by atoms with van der Waals surface area (Å²) >= 11 is 0. The van der Waals surface area contributed by atoms with Gasteiger partial charge in [-0.15, -0.1) is 0 Å². The molecule has 1 heterocycles. The third-order valence-corrected chi connectivity index (χ3v) is 1.12. The molecular formula is C5H11NO. The van der Waals surface area contributed by atoms with Crippen LogP contribution in [0.15, 0.2) is 0 Å². The second-order valence-corrected chi connectivity index (χ2v) is 2.48. The molecule has 0 aliphatic carbocycles. The van der Waals surface area contributed by atoms with Crippen LogP contribution in [0.3, 0.4) is 0 Å². The summed E-state index contributed by atoms with van der Waals surface area (Å²) in [4.78, 5) is 0. The molecule has 0 saturated carbocycles. The Hall–Kier alpha value is -0.0800. The molecule has 42 valence electrons. The molecule has 0 spiro atoms. The lowest BCUT2D eigenvalue weighted by Crippen LogP contribution is -2.23. The highest BCUT2D eigenvalue weighted by molar-refractivity contribution is 4.74. The predicted molar refractivity (Wildman–Crippen MR) is 28.0 cm³/mol. The minimum atomic E-state index is 0.0833. The van der Waals surface area contributed by atoms with E-state index in [1.165, 1.54) is 0 Å². The number of nitrogens with one attached hydrogen (secondary N) is 1. The lowest BCUT2D eigenvalue weighted by atomic mass is 10.1. The van der Waals surface area contributed by atoms with Gasteiger partial charge in [-0.05, 0) is 13.8 Å². The Balaban J connectivity index is 2.40. The van der Waals surface area contributed by atoms with Crippen LogP contribution < -0.4 is 5.32 Å². The highest BCUT2D eigenvalue weighted by atomic mass is 16.5. The zero-order chi connectivity index (χ0) is 5.33. The van der Waals surface area contributed by atoms with Crippen molar-refractivity contribution in [2.24, 2.45) is 0 Å². The van der Waals surface area contributed by atoms with Crippen molar-refractivity contribution in [1.29, 1.82) is 0 Å². The molecule has 1 N–H and O–H groups in total. The Morgan fingerprint density at radius 2 is 2.29 bits per heavy atom. The fourth-order valence-electron chi connectivity index (χ4n) is 0.649. The van der Waals surface area contributed by atoms with E-state index in [1.54, 1.807) is 0 Å². The van der Waals surface area contributed by atoms with E-state index < -0.39 is 0 Å². The second-order valence-electron chi connectivity index (χ2n) is 2.48. The Bertz CT molecular complexity index is 62.5. The topological polar surface area (TPSA) is 21.3 Å². The number of hydrogen-bond acceptors (Lipinski definition) is 2. The van der Waals surface area contributed by atoms with E-state index in [9.17, 15) is 0 Å². The van der Waals surface area contributed by atoms with E-state index in [-0.39, 0.29) is 5.60 Å². The molecular weight excluding hydrogens is 90.1 g/mol. The summed E-state index contributed by atoms with van der Waals surface area (Å²) in [7, 11) is 0. The van der Waals surface area contributed by atoms with Crippen LogP contribution >= 0.6 is 0 Å². The summed E-state index contributed by atoms with van der Waals surface area (Å²) in [5, 5.41) is 3.09. The lowest BCUT2D eigenvalue weighted by molar-refractivity contribution is 0.0425. The van der Waals surface area contributed by atoms with Gasteiger partial charge in [-0.25, -0.2) is 0 Å². The van der Waals surface area contributed by atoms with Gasteiger partial charge >= 0.3 is 0 Å². The maximum absolute atomic E-state index is 5.23. The molecule has 1 rings (SSSR count). The van der Waals surface area contributed by atoms with Crippen molar-refractivity contribution in [3.05, 3.63) is 0 Å². The van der Waals surface area contributed by atoms with Crippen LogP contribution in [-0.4, -0.2) is 18.9 Å². The quantitative estimate of drug-likeness (QED) is 0.475. The predicted octanol–water partition coefficient (Wildman–Crippen LogP) is 0.342. The fourth-order valence-corrected chi connectivity index (χ4v) is 0.649. The van der Waals surface area contributed by atoms with E-state index in [0.29, 0.717) is 6.73 Å². The highest BCUT2D eigenvalue weighted by Crippen LogP contribution is 2.10. The van der Waals surface area contributed by atoms with Crippen LogP contribution in [0.5, 0.6) is 0 Å². The number of ether oxygens (including phenoxy) is 1. The Morgan fingerprint density at radius 3 is 2.43 bits per heavy atom. The van der Waals surface area contributed by atoms with Gasteiger partial charge in [0.15, 0.2) is 0 Å². The largest absolute Gasteiger partial charge is 0.359 e. The van der Waals surface area contributed by atoms with Crippen LogP contribution in [0.4, 0.5) is 0 Å². The average Bonchev–Trinajstić information content (AvgIpc) is 1.84. The zero-order valence-corrected chi connectivity index (χ0v) is 4.82. The van der Waals surface area contributed by atoms with E-state index >= 15 is 0 Å². The molecule has 1 aliphatic heterocycles. The first kappa shape index (κ1) is 5.06. The Kier molecular flexibility index (Phi) is 1.05. The van der Waals surface area contributed by atoms with Crippen molar-refractivity contribution < 1.29 is 4.74 Å². The summed E-state index contributed by atoms with van der Waals surface area (Å²) in [6.45, 7) is 5.85. The lowest BCUT2D eigenvalue weighted by Gasteiger charge is -2.12. The van der Waals surface area contributed by atoms with E-state index in [1.807, 2.05) is 0 Å². The van der Waals surface area contributed by atoms with Crippen molar-refractivity contribution >= 4 is 0 Å². The Morgan fingerprint density at radius 1 is 1.57 bits per heavy atom. The van der Waals surface area contributed by atoms with Crippen molar-refractivity contribution in [3.8, 4) is 0 Å². The normalized spacial score (nSPS) is 28.3. The Labute approximate surface area is 43.9 Å². The molecule has 1 saturated heterocycles. The molecule has 0 aromatic heterocycles. The highest BCUT2D eigenvalue weighted by Gasteiger charge is 2.22. The van der Waals surface area contributed by atoms with E-state index in [0.717, 1.165) is 6.54 Å². The minimum Gasteiger partial charge on any atom is -0.359 e. The van der Waals surface area contributed by atoms with Crippen LogP contribution in [-0.2, 0) is 4.74 Å². The van der Waals surface area contributed by atoms with Gasteiger partial charge < -0.3 is 4.74 Å². The molecule has 0 aromatic carbocycles. The SMILES string of the molecule is CC1(C)CNCO1. The standard InChI is InChI=1S/C5H11NO/c1-5(2)3-6-4-7-5/h6H,3-4H2,1-2H3. The molecule has 2 nitrogen and oxygen atoms in total. The first-order valence-corrected chi connectivity index (χ1v) is 2.55. The second kappa shape index (κ2) is 1.46. The van der Waals surface area contributed by atoms with Gasteiger partial charge in [0, 0.05) is 6.54 Å². The summed E-state index contributed by atoms with van der Waals surface area (Å²) in [5.41, 5.74) is 0.0833. The third-order valence-electron chi connectivity index (χ3n) is 1.12. The van der Waals surface area contributed by atoms with Gasteiger partial charge in [-0.2, -0.15) is 0 Å². The van der Waals surface area contributed by atoms with Crippen LogP contribution in [0.25, 0.3) is 0 Å². The summed E-state index contributed by atoms with van der Waals surface area (Å²) in [6.07, 6.45) is 0. The molecule has 7 heavy (non-hydrogen) atoms. The van der Waals surface area contributed by atoms with Crippen molar-refractivity contribution in [2.75, 3.05) is 13.3 Å². The molecule has 0 bridgehead atoms. The van der Waals surface area contributed by atoms with Crippen LogP contribution in [0, 0.1) is 0 Å². The molecule has 0 amide bonds. The third kappa shape index (κ3) is 1.14. The number of hydrogen-bond donors (Lipinski definition) is 1. The molecule has 1 aliphatic rings. The van der Waals surface area contributed by atoms with Crippen molar-refractivity contribution in [2.45, 2.75) is 19.4 Å².